The Bertz CT molecular complexity index is 892. The monoisotopic (exact) mass is 725 g/mol. The Balaban J connectivity index is 2.05. The van der Waals surface area contributed by atoms with E-state index in [0.29, 0.717) is 32.1 Å². The van der Waals surface area contributed by atoms with Gasteiger partial charge in [-0.1, -0.05) is 154 Å². The number of hydrogen-bond donors (Lipinski definition) is 4. The minimum absolute atomic E-state index is 0.137. The number of allylic oxidation sites excluding steroid dienone is 2. The van der Waals surface area contributed by atoms with Crippen LogP contribution >= 0.6 is 0 Å². The first-order valence-electron chi connectivity index (χ1n) is 20.8. The molecule has 1 aliphatic rings. The topological polar surface area (TPSA) is 143 Å². The Morgan fingerprint density at radius 3 is 1.73 bits per heavy atom. The summed E-state index contributed by atoms with van der Waals surface area (Å²) in [7, 11) is 0. The van der Waals surface area contributed by atoms with Gasteiger partial charge in [0.25, 0.3) is 0 Å². The summed E-state index contributed by atoms with van der Waals surface area (Å²) >= 11 is 0. The predicted molar refractivity (Wildman–Crippen MR) is 204 cm³/mol. The van der Waals surface area contributed by atoms with Crippen molar-refractivity contribution < 1.29 is 44.2 Å². The number of rotatable bonds is 33. The molecule has 0 bridgehead atoms. The molecule has 0 saturated carbocycles. The maximum Gasteiger partial charge on any atom is 0.305 e. The van der Waals surface area contributed by atoms with Crippen molar-refractivity contribution in [3.8, 4) is 0 Å². The molecule has 51 heavy (non-hydrogen) atoms. The van der Waals surface area contributed by atoms with Crippen LogP contribution in [0.25, 0.3) is 0 Å². The summed E-state index contributed by atoms with van der Waals surface area (Å²) in [5.74, 6) is -1.00. The fourth-order valence-electron chi connectivity index (χ4n) is 6.48. The van der Waals surface area contributed by atoms with Crippen LogP contribution in [0.15, 0.2) is 24.3 Å². The number of unbranched alkanes of at least 4 members (excludes halogenated alkanes) is 18. The molecule has 0 spiro atoms. The van der Waals surface area contributed by atoms with Gasteiger partial charge in [-0.3, -0.25) is 9.59 Å². The molecule has 1 aliphatic heterocycles. The Morgan fingerprint density at radius 1 is 0.686 bits per heavy atom. The second kappa shape index (κ2) is 32.8. The third kappa shape index (κ3) is 27.5. The van der Waals surface area contributed by atoms with Crippen molar-refractivity contribution in [1.82, 2.24) is 0 Å². The molecule has 1 fully saturated rings. The van der Waals surface area contributed by atoms with E-state index in [2.05, 4.69) is 13.8 Å². The molecule has 9 heteroatoms. The van der Waals surface area contributed by atoms with E-state index in [9.17, 15) is 30.0 Å². The van der Waals surface area contributed by atoms with Gasteiger partial charge >= 0.3 is 11.9 Å². The highest BCUT2D eigenvalue weighted by molar-refractivity contribution is 5.69. The highest BCUT2D eigenvalue weighted by atomic mass is 16.6. The zero-order chi connectivity index (χ0) is 37.4. The van der Waals surface area contributed by atoms with Gasteiger partial charge in [-0.05, 0) is 32.1 Å². The van der Waals surface area contributed by atoms with Crippen LogP contribution in [0.1, 0.15) is 181 Å². The third-order valence-corrected chi connectivity index (χ3v) is 9.73. The SMILES string of the molecule is CCCCCCCCCCCCCCCCCCC(=O)OC[C@H](O)COC(=O)CCC/C=C\C[C@H]1[C@@H](O)CC(O)O[C@@H]1/C=C/[C@@H](O)CCCCC. The number of esters is 2. The molecule has 1 unspecified atom stereocenters. The summed E-state index contributed by atoms with van der Waals surface area (Å²) in [5.41, 5.74) is 0. The summed E-state index contributed by atoms with van der Waals surface area (Å²) in [6, 6.07) is 0. The molecule has 1 saturated heterocycles. The van der Waals surface area contributed by atoms with E-state index >= 15 is 0 Å². The molecule has 0 amide bonds. The van der Waals surface area contributed by atoms with Crippen LogP contribution in [0.3, 0.4) is 0 Å². The second-order valence-corrected chi connectivity index (χ2v) is 14.6. The fourth-order valence-corrected chi connectivity index (χ4v) is 6.48. The van der Waals surface area contributed by atoms with Crippen molar-refractivity contribution in [3.05, 3.63) is 24.3 Å². The Labute approximate surface area is 310 Å². The van der Waals surface area contributed by atoms with Crippen molar-refractivity contribution in [1.29, 1.82) is 0 Å². The first-order chi connectivity index (χ1) is 24.8. The van der Waals surface area contributed by atoms with E-state index in [-0.39, 0.29) is 37.9 Å². The van der Waals surface area contributed by atoms with E-state index in [0.717, 1.165) is 38.5 Å². The van der Waals surface area contributed by atoms with Crippen molar-refractivity contribution in [2.24, 2.45) is 5.92 Å². The van der Waals surface area contributed by atoms with Gasteiger partial charge in [0.15, 0.2) is 6.29 Å². The number of aliphatic hydroxyl groups excluding tert-OH is 4. The van der Waals surface area contributed by atoms with Crippen LogP contribution in [0.2, 0.25) is 0 Å². The average molecular weight is 725 g/mol. The summed E-state index contributed by atoms with van der Waals surface area (Å²) in [5, 5.41) is 40.8. The quantitative estimate of drug-likeness (QED) is 0.0297. The largest absolute Gasteiger partial charge is 0.463 e. The molecule has 4 N–H and O–H groups in total. The molecule has 0 radical (unpaired) electrons. The van der Waals surface area contributed by atoms with Gasteiger partial charge in [-0.2, -0.15) is 0 Å². The number of carbonyl (C=O) groups is 2. The number of ether oxygens (including phenoxy) is 3. The van der Waals surface area contributed by atoms with Crippen LogP contribution < -0.4 is 0 Å². The lowest BCUT2D eigenvalue weighted by Gasteiger charge is -2.36. The standard InChI is InChI=1S/C42H76O9/c1-3-5-7-8-9-10-11-12-13-14-15-16-17-18-19-24-28-40(46)49-33-36(44)34-50-41(47)29-25-21-20-23-27-37-38(45)32-42(48)51-39(37)31-30-35(43)26-22-6-4-2/h20,23,30-31,35-39,42-45,48H,3-19,21-22,24-29,32-34H2,1-2H3/b23-20-,31-30+/t35-,36-,37-,38-,39+,42?/m0/s1. The summed E-state index contributed by atoms with van der Waals surface area (Å²) in [6.45, 7) is 3.98. The van der Waals surface area contributed by atoms with Crippen LogP contribution in [0.4, 0.5) is 0 Å². The lowest BCUT2D eigenvalue weighted by atomic mass is 9.87. The molecule has 0 aromatic carbocycles. The van der Waals surface area contributed by atoms with Gasteiger partial charge in [0.2, 0.25) is 0 Å². The number of hydrogen-bond acceptors (Lipinski definition) is 9. The number of carbonyl (C=O) groups excluding carboxylic acids is 2. The van der Waals surface area contributed by atoms with E-state index in [4.69, 9.17) is 14.2 Å². The Morgan fingerprint density at radius 2 is 1.18 bits per heavy atom. The highest BCUT2D eigenvalue weighted by Gasteiger charge is 2.35. The molecule has 0 aromatic rings. The molecule has 6 atom stereocenters. The van der Waals surface area contributed by atoms with Gasteiger partial charge < -0.3 is 34.6 Å². The van der Waals surface area contributed by atoms with Crippen molar-refractivity contribution in [2.45, 2.75) is 211 Å². The minimum atomic E-state index is -1.05. The van der Waals surface area contributed by atoms with Gasteiger partial charge in [0.05, 0.1) is 18.3 Å². The first kappa shape index (κ1) is 47.2. The van der Waals surface area contributed by atoms with E-state index in [1.807, 2.05) is 12.2 Å². The second-order valence-electron chi connectivity index (χ2n) is 14.6. The molecule has 1 heterocycles. The Hall–Kier alpha value is -1.78. The first-order valence-corrected chi connectivity index (χ1v) is 20.8. The van der Waals surface area contributed by atoms with Crippen molar-refractivity contribution in [3.63, 3.8) is 0 Å². The van der Waals surface area contributed by atoms with Crippen LogP contribution in [-0.4, -0.2) is 76.3 Å². The zero-order valence-electron chi connectivity index (χ0n) is 32.4. The Kier molecular flexibility index (Phi) is 30.4. The van der Waals surface area contributed by atoms with Crippen LogP contribution in [0, 0.1) is 5.92 Å². The molecule has 0 aliphatic carbocycles. The zero-order valence-corrected chi connectivity index (χ0v) is 32.4. The normalized spacial score (nSPS) is 20.6. The molecule has 1 rings (SSSR count). The fraction of sp³-hybridized carbons (Fsp3) is 0.857. The lowest BCUT2D eigenvalue weighted by Crippen LogP contribution is -2.43. The summed E-state index contributed by atoms with van der Waals surface area (Å²) in [6.07, 6.45) is 30.0. The van der Waals surface area contributed by atoms with E-state index in [1.165, 1.54) is 83.5 Å². The summed E-state index contributed by atoms with van der Waals surface area (Å²) in [4.78, 5) is 24.1. The maximum atomic E-state index is 12.1. The van der Waals surface area contributed by atoms with E-state index < -0.39 is 36.7 Å². The van der Waals surface area contributed by atoms with Crippen LogP contribution in [0.5, 0.6) is 0 Å². The van der Waals surface area contributed by atoms with Crippen molar-refractivity contribution in [2.75, 3.05) is 13.2 Å². The van der Waals surface area contributed by atoms with Crippen LogP contribution in [-0.2, 0) is 23.8 Å². The van der Waals surface area contributed by atoms with Crippen molar-refractivity contribution >= 4 is 11.9 Å². The molecule has 9 nitrogen and oxygen atoms in total. The molecule has 0 aromatic heterocycles. The van der Waals surface area contributed by atoms with Gasteiger partial charge in [0.1, 0.15) is 19.3 Å². The van der Waals surface area contributed by atoms with Gasteiger partial charge in [-0.25, -0.2) is 0 Å². The third-order valence-electron chi connectivity index (χ3n) is 9.73. The van der Waals surface area contributed by atoms with E-state index in [1.54, 1.807) is 12.2 Å². The molecular weight excluding hydrogens is 648 g/mol. The molecule has 298 valence electrons. The maximum absolute atomic E-state index is 12.1. The summed E-state index contributed by atoms with van der Waals surface area (Å²) < 4.78 is 15.9. The van der Waals surface area contributed by atoms with Gasteiger partial charge in [-0.15, -0.1) is 0 Å². The van der Waals surface area contributed by atoms with Gasteiger partial charge in [0, 0.05) is 25.2 Å². The smallest absolute Gasteiger partial charge is 0.305 e. The molecular formula is C42H76O9. The minimum Gasteiger partial charge on any atom is -0.463 e. The lowest BCUT2D eigenvalue weighted by molar-refractivity contribution is -0.199. The predicted octanol–water partition coefficient (Wildman–Crippen LogP) is 8.78. The highest BCUT2D eigenvalue weighted by Crippen LogP contribution is 2.29. The average Bonchev–Trinajstić information content (AvgIpc) is 3.11. The number of aliphatic hydroxyl groups is 4.